The van der Waals surface area contributed by atoms with Crippen LogP contribution in [0.5, 0.6) is 0 Å². The van der Waals surface area contributed by atoms with Crippen LogP contribution in [-0.4, -0.2) is 30.9 Å². The molecule has 1 aromatic carbocycles. The Morgan fingerprint density at radius 2 is 1.70 bits per heavy atom. The van der Waals surface area contributed by atoms with Crippen molar-refractivity contribution in [3.8, 4) is 0 Å². The number of likely N-dealkylation sites (N-methyl/N-ethyl adjacent to an activating group) is 1. The minimum Gasteiger partial charge on any atom is -0.344 e. The van der Waals surface area contributed by atoms with Crippen molar-refractivity contribution in [3.63, 3.8) is 0 Å². The number of benzene rings is 1. The van der Waals surface area contributed by atoms with E-state index in [1.807, 2.05) is 27.7 Å². The first-order valence-corrected chi connectivity index (χ1v) is 6.82. The van der Waals surface area contributed by atoms with Crippen LogP contribution in [0.2, 0.25) is 0 Å². The van der Waals surface area contributed by atoms with E-state index in [9.17, 15) is 9.18 Å². The lowest BCUT2D eigenvalue weighted by atomic mass is 9.82. The molecule has 3 nitrogen and oxygen atoms in total. The van der Waals surface area contributed by atoms with Crippen LogP contribution >= 0.6 is 0 Å². The lowest BCUT2D eigenvalue weighted by Crippen LogP contribution is -2.46. The van der Waals surface area contributed by atoms with Crippen LogP contribution in [0.4, 0.5) is 4.39 Å². The first-order chi connectivity index (χ1) is 9.10. The average Bonchev–Trinajstić information content (AvgIpc) is 2.37. The van der Waals surface area contributed by atoms with E-state index in [1.165, 1.54) is 12.1 Å². The molecule has 0 radical (unpaired) electrons. The zero-order valence-corrected chi connectivity index (χ0v) is 13.0. The van der Waals surface area contributed by atoms with Crippen molar-refractivity contribution in [2.24, 2.45) is 11.1 Å². The molecule has 0 fully saturated rings. The van der Waals surface area contributed by atoms with Crippen molar-refractivity contribution < 1.29 is 9.18 Å². The highest BCUT2D eigenvalue weighted by Crippen LogP contribution is 2.27. The molecule has 0 aliphatic carbocycles. The third-order valence-corrected chi connectivity index (χ3v) is 3.67. The Morgan fingerprint density at radius 1 is 1.20 bits per heavy atom. The number of nitrogens with zero attached hydrogens (tertiary/aromatic N) is 1. The monoisotopic (exact) mass is 280 g/mol. The van der Waals surface area contributed by atoms with Crippen molar-refractivity contribution >= 4 is 5.91 Å². The highest BCUT2D eigenvalue weighted by Gasteiger charge is 2.34. The lowest BCUT2D eigenvalue weighted by Gasteiger charge is -2.34. The van der Waals surface area contributed by atoms with Crippen LogP contribution < -0.4 is 5.73 Å². The van der Waals surface area contributed by atoms with E-state index in [4.69, 9.17) is 5.73 Å². The van der Waals surface area contributed by atoms with E-state index in [1.54, 1.807) is 24.1 Å². The molecule has 0 aliphatic heterocycles. The Morgan fingerprint density at radius 3 is 2.15 bits per heavy atom. The number of amides is 1. The molecule has 2 N–H and O–H groups in total. The number of carbonyl (C=O) groups is 1. The Bertz CT molecular complexity index is 466. The molecule has 0 bridgehead atoms. The molecular formula is C16H25FN2O. The molecule has 0 aliphatic rings. The summed E-state index contributed by atoms with van der Waals surface area (Å²) in [7, 11) is 1.78. The van der Waals surface area contributed by atoms with Gasteiger partial charge in [-0.15, -0.1) is 0 Å². The van der Waals surface area contributed by atoms with Gasteiger partial charge < -0.3 is 10.6 Å². The van der Waals surface area contributed by atoms with Crippen LogP contribution in [0.3, 0.4) is 0 Å². The normalized spacial score (nSPS) is 12.3. The van der Waals surface area contributed by atoms with Gasteiger partial charge in [0.1, 0.15) is 5.82 Å². The molecule has 1 rings (SSSR count). The van der Waals surface area contributed by atoms with Crippen LogP contribution in [0, 0.1) is 11.2 Å². The van der Waals surface area contributed by atoms with Crippen molar-refractivity contribution in [2.45, 2.75) is 33.1 Å². The molecule has 0 saturated carbocycles. The summed E-state index contributed by atoms with van der Waals surface area (Å²) in [5.74, 6) is -0.291. The third-order valence-electron chi connectivity index (χ3n) is 3.67. The topological polar surface area (TPSA) is 46.3 Å². The fourth-order valence-corrected chi connectivity index (χ4v) is 2.25. The summed E-state index contributed by atoms with van der Waals surface area (Å²) in [4.78, 5) is 14.3. The lowest BCUT2D eigenvalue weighted by molar-refractivity contribution is -0.136. The Balaban J connectivity index is 2.91. The second-order valence-electron chi connectivity index (χ2n) is 6.66. The van der Waals surface area contributed by atoms with Gasteiger partial charge in [-0.2, -0.15) is 0 Å². The van der Waals surface area contributed by atoms with Crippen LogP contribution in [-0.2, 0) is 10.2 Å². The van der Waals surface area contributed by atoms with Crippen LogP contribution in [0.15, 0.2) is 24.3 Å². The van der Waals surface area contributed by atoms with Crippen molar-refractivity contribution in [1.29, 1.82) is 0 Å². The number of carbonyl (C=O) groups excluding carboxylic acids is 1. The second-order valence-corrected chi connectivity index (χ2v) is 6.66. The molecule has 0 heterocycles. The van der Waals surface area contributed by atoms with Crippen molar-refractivity contribution in [3.05, 3.63) is 35.6 Å². The maximum Gasteiger partial charge on any atom is 0.232 e. The fraction of sp³-hybridized carbons (Fsp3) is 0.562. The predicted molar refractivity (Wildman–Crippen MR) is 79.9 cm³/mol. The number of hydrogen-bond acceptors (Lipinski definition) is 2. The number of hydrogen-bond donors (Lipinski definition) is 1. The summed E-state index contributed by atoms with van der Waals surface area (Å²) in [5, 5.41) is 0. The predicted octanol–water partition coefficient (Wildman–Crippen LogP) is 2.55. The quantitative estimate of drug-likeness (QED) is 0.901. The fourth-order valence-electron chi connectivity index (χ4n) is 2.25. The summed E-state index contributed by atoms with van der Waals surface area (Å²) in [6.45, 7) is 8.88. The van der Waals surface area contributed by atoms with Crippen molar-refractivity contribution in [1.82, 2.24) is 4.90 Å². The zero-order valence-electron chi connectivity index (χ0n) is 13.0. The summed E-state index contributed by atoms with van der Waals surface area (Å²) in [6.07, 6.45) is 0. The third kappa shape index (κ3) is 3.79. The smallest absolute Gasteiger partial charge is 0.232 e. The highest BCUT2D eigenvalue weighted by molar-refractivity contribution is 5.87. The van der Waals surface area contributed by atoms with Gasteiger partial charge in [-0.3, -0.25) is 4.79 Å². The highest BCUT2D eigenvalue weighted by atomic mass is 19.1. The molecule has 112 valence electrons. The molecule has 1 amide bonds. The van der Waals surface area contributed by atoms with Gasteiger partial charge in [0.25, 0.3) is 0 Å². The van der Waals surface area contributed by atoms with Gasteiger partial charge in [0.2, 0.25) is 5.91 Å². The first-order valence-electron chi connectivity index (χ1n) is 6.82. The van der Waals surface area contributed by atoms with Gasteiger partial charge in [0.05, 0.1) is 5.41 Å². The molecule has 0 saturated heterocycles. The average molecular weight is 280 g/mol. The SMILES string of the molecule is CN(CC(C)(C)CN)C(=O)C(C)(C)c1ccc(F)cc1. The van der Waals surface area contributed by atoms with E-state index in [0.29, 0.717) is 13.1 Å². The largest absolute Gasteiger partial charge is 0.344 e. The molecule has 20 heavy (non-hydrogen) atoms. The second kappa shape index (κ2) is 5.92. The number of rotatable bonds is 5. The van der Waals surface area contributed by atoms with Crippen molar-refractivity contribution in [2.75, 3.05) is 20.1 Å². The number of nitrogens with two attached hydrogens (primary N) is 1. The van der Waals surface area contributed by atoms with Gasteiger partial charge >= 0.3 is 0 Å². The Kier molecular flexibility index (Phi) is 4.92. The number of halogens is 1. The van der Waals surface area contributed by atoms with E-state index in [2.05, 4.69) is 0 Å². The Hall–Kier alpha value is -1.42. The summed E-state index contributed by atoms with van der Waals surface area (Å²) >= 11 is 0. The minimum atomic E-state index is -0.687. The Labute approximate surface area is 121 Å². The summed E-state index contributed by atoms with van der Waals surface area (Å²) in [5.41, 5.74) is 5.71. The van der Waals surface area contributed by atoms with E-state index in [-0.39, 0.29) is 17.1 Å². The zero-order chi connectivity index (χ0) is 15.6. The van der Waals surface area contributed by atoms with E-state index in [0.717, 1.165) is 5.56 Å². The summed E-state index contributed by atoms with van der Waals surface area (Å²) < 4.78 is 13.0. The maximum absolute atomic E-state index is 13.0. The van der Waals surface area contributed by atoms with E-state index < -0.39 is 5.41 Å². The molecule has 4 heteroatoms. The van der Waals surface area contributed by atoms with Gasteiger partial charge in [0, 0.05) is 13.6 Å². The molecule has 0 unspecified atom stereocenters. The maximum atomic E-state index is 13.0. The minimum absolute atomic E-state index is 0.00522. The van der Waals surface area contributed by atoms with E-state index >= 15 is 0 Å². The van der Waals surface area contributed by atoms with Crippen LogP contribution in [0.25, 0.3) is 0 Å². The summed E-state index contributed by atoms with van der Waals surface area (Å²) in [6, 6.07) is 6.09. The standard InChI is InChI=1S/C16H25FN2O/c1-15(2,10-18)11-19(5)14(20)16(3,4)12-6-8-13(17)9-7-12/h6-9H,10-11,18H2,1-5H3. The molecule has 0 atom stereocenters. The first kappa shape index (κ1) is 16.6. The molecule has 1 aromatic rings. The van der Waals surface area contributed by atoms with Gasteiger partial charge in [-0.25, -0.2) is 4.39 Å². The van der Waals surface area contributed by atoms with Gasteiger partial charge in [-0.05, 0) is 43.5 Å². The molecule has 0 aromatic heterocycles. The van der Waals surface area contributed by atoms with Gasteiger partial charge in [0.15, 0.2) is 0 Å². The van der Waals surface area contributed by atoms with Gasteiger partial charge in [-0.1, -0.05) is 26.0 Å². The molecular weight excluding hydrogens is 255 g/mol. The molecule has 0 spiro atoms. The van der Waals surface area contributed by atoms with Crippen LogP contribution in [0.1, 0.15) is 33.3 Å².